The summed E-state index contributed by atoms with van der Waals surface area (Å²) in [5.41, 5.74) is 7.08. The fraction of sp³-hybridized carbons (Fsp3) is 0.273. The first-order chi connectivity index (χ1) is 8.99. The van der Waals surface area contributed by atoms with Crippen molar-refractivity contribution in [2.45, 2.75) is 19.8 Å². The molecule has 0 fully saturated rings. The third-order valence-corrected chi connectivity index (χ3v) is 2.70. The number of nitrogens with zero attached hydrogens (tertiary/aromatic N) is 3. The van der Waals surface area contributed by atoms with Crippen LogP contribution < -0.4 is 11.1 Å². The van der Waals surface area contributed by atoms with E-state index in [4.69, 9.17) is 17.3 Å². The van der Waals surface area contributed by atoms with Crippen LogP contribution in [0.2, 0.25) is 5.15 Å². The van der Waals surface area contributed by atoms with Gasteiger partial charge in [-0.25, -0.2) is 0 Å². The van der Waals surface area contributed by atoms with Gasteiger partial charge < -0.3 is 11.1 Å². The molecule has 2 rings (SSSR count). The van der Waals surface area contributed by atoms with Crippen molar-refractivity contribution in [3.63, 3.8) is 0 Å². The highest BCUT2D eigenvalue weighted by Crippen LogP contribution is 2.22. The Morgan fingerprint density at radius 1 is 1.42 bits per heavy atom. The number of aromatic amines is 1. The van der Waals surface area contributed by atoms with E-state index in [1.807, 2.05) is 13.8 Å². The third kappa shape index (κ3) is 2.82. The van der Waals surface area contributed by atoms with Crippen LogP contribution in [-0.2, 0) is 0 Å². The van der Waals surface area contributed by atoms with Crippen LogP contribution in [0, 0.1) is 0 Å². The largest absolute Gasteiger partial charge is 0.395 e. The monoisotopic (exact) mass is 280 g/mol. The summed E-state index contributed by atoms with van der Waals surface area (Å²) in [4.78, 5) is 12.0. The van der Waals surface area contributed by atoms with Crippen LogP contribution >= 0.6 is 11.6 Å². The van der Waals surface area contributed by atoms with E-state index in [0.29, 0.717) is 5.69 Å². The number of rotatable bonds is 3. The Labute approximate surface area is 114 Å². The summed E-state index contributed by atoms with van der Waals surface area (Å²) in [5.74, 6) is -0.00968. The van der Waals surface area contributed by atoms with E-state index in [1.54, 1.807) is 6.07 Å². The molecule has 0 aliphatic heterocycles. The van der Waals surface area contributed by atoms with E-state index in [2.05, 4.69) is 25.7 Å². The first kappa shape index (κ1) is 13.3. The molecule has 1 amide bonds. The van der Waals surface area contributed by atoms with Crippen molar-refractivity contribution in [2.24, 2.45) is 0 Å². The van der Waals surface area contributed by atoms with Gasteiger partial charge in [-0.3, -0.25) is 9.89 Å². The lowest BCUT2D eigenvalue weighted by Crippen LogP contribution is -2.15. The smallest absolute Gasteiger partial charge is 0.279 e. The average molecular weight is 281 g/mol. The molecule has 0 aromatic carbocycles. The SMILES string of the molecule is CC(C)c1[nH]nc(C(=O)Nc2ccc(Cl)nn2)c1N. The van der Waals surface area contributed by atoms with E-state index in [1.165, 1.54) is 6.07 Å². The normalized spacial score (nSPS) is 10.7. The highest BCUT2D eigenvalue weighted by molar-refractivity contribution is 6.29. The number of halogens is 1. The number of carbonyl (C=O) groups excluding carboxylic acids is 1. The molecule has 0 aliphatic rings. The van der Waals surface area contributed by atoms with Crippen LogP contribution in [0.3, 0.4) is 0 Å². The van der Waals surface area contributed by atoms with Gasteiger partial charge in [0.1, 0.15) is 0 Å². The van der Waals surface area contributed by atoms with Crippen LogP contribution in [0.1, 0.15) is 35.9 Å². The summed E-state index contributed by atoms with van der Waals surface area (Å²) in [6.07, 6.45) is 0. The van der Waals surface area contributed by atoms with E-state index >= 15 is 0 Å². The Balaban J connectivity index is 2.18. The average Bonchev–Trinajstić information content (AvgIpc) is 2.74. The van der Waals surface area contributed by atoms with Crippen LogP contribution in [0.25, 0.3) is 0 Å². The van der Waals surface area contributed by atoms with E-state index in [0.717, 1.165) is 5.69 Å². The number of hydrogen-bond acceptors (Lipinski definition) is 5. The van der Waals surface area contributed by atoms with Crippen LogP contribution in [0.4, 0.5) is 11.5 Å². The first-order valence-electron chi connectivity index (χ1n) is 5.63. The van der Waals surface area contributed by atoms with Gasteiger partial charge in [0, 0.05) is 0 Å². The van der Waals surface area contributed by atoms with Crippen molar-refractivity contribution in [2.75, 3.05) is 11.1 Å². The Bertz CT molecular complexity index is 592. The second kappa shape index (κ2) is 5.23. The van der Waals surface area contributed by atoms with Gasteiger partial charge in [-0.05, 0) is 18.1 Å². The van der Waals surface area contributed by atoms with Gasteiger partial charge in [0.25, 0.3) is 5.91 Å². The summed E-state index contributed by atoms with van der Waals surface area (Å²) >= 11 is 5.60. The summed E-state index contributed by atoms with van der Waals surface area (Å²) in [5, 5.41) is 16.8. The zero-order chi connectivity index (χ0) is 14.0. The minimum absolute atomic E-state index is 0.139. The fourth-order valence-electron chi connectivity index (χ4n) is 1.54. The Hall–Kier alpha value is -2.15. The molecule has 8 heteroatoms. The number of nitrogens with two attached hydrogens (primary N) is 1. The highest BCUT2D eigenvalue weighted by Gasteiger charge is 2.19. The number of anilines is 2. The minimum atomic E-state index is -0.447. The quantitative estimate of drug-likeness (QED) is 0.794. The summed E-state index contributed by atoms with van der Waals surface area (Å²) < 4.78 is 0. The highest BCUT2D eigenvalue weighted by atomic mass is 35.5. The number of carbonyl (C=O) groups is 1. The minimum Gasteiger partial charge on any atom is -0.395 e. The van der Waals surface area contributed by atoms with Crippen molar-refractivity contribution < 1.29 is 4.79 Å². The van der Waals surface area contributed by atoms with Crippen molar-refractivity contribution >= 4 is 29.0 Å². The first-order valence-corrected chi connectivity index (χ1v) is 6.01. The van der Waals surface area contributed by atoms with Crippen molar-refractivity contribution in [1.29, 1.82) is 0 Å². The van der Waals surface area contributed by atoms with Crippen LogP contribution in [-0.4, -0.2) is 26.3 Å². The summed E-state index contributed by atoms with van der Waals surface area (Å²) in [7, 11) is 0. The number of hydrogen-bond donors (Lipinski definition) is 3. The third-order valence-electron chi connectivity index (χ3n) is 2.50. The fourth-order valence-corrected chi connectivity index (χ4v) is 1.64. The Kier molecular flexibility index (Phi) is 3.66. The molecule has 0 atom stereocenters. The molecule has 19 heavy (non-hydrogen) atoms. The lowest BCUT2D eigenvalue weighted by Gasteiger charge is -2.04. The summed E-state index contributed by atoms with van der Waals surface area (Å²) in [6.45, 7) is 3.91. The van der Waals surface area contributed by atoms with E-state index in [-0.39, 0.29) is 22.6 Å². The number of nitrogen functional groups attached to an aromatic ring is 1. The molecule has 100 valence electrons. The second-order valence-electron chi connectivity index (χ2n) is 4.25. The van der Waals surface area contributed by atoms with Crippen molar-refractivity contribution in [3.05, 3.63) is 28.7 Å². The molecule has 0 saturated heterocycles. The zero-order valence-electron chi connectivity index (χ0n) is 10.4. The Morgan fingerprint density at radius 2 is 2.16 bits per heavy atom. The molecule has 2 aromatic rings. The molecular formula is C11H13ClN6O. The van der Waals surface area contributed by atoms with Gasteiger partial charge in [0.2, 0.25) is 0 Å². The van der Waals surface area contributed by atoms with Gasteiger partial charge >= 0.3 is 0 Å². The molecule has 0 spiro atoms. The predicted molar refractivity (Wildman–Crippen MR) is 72.1 cm³/mol. The molecule has 2 aromatic heterocycles. The predicted octanol–water partition coefficient (Wildman–Crippen LogP) is 1.81. The molecule has 4 N–H and O–H groups in total. The zero-order valence-corrected chi connectivity index (χ0v) is 11.2. The van der Waals surface area contributed by atoms with E-state index < -0.39 is 5.91 Å². The molecular weight excluding hydrogens is 268 g/mol. The van der Waals surface area contributed by atoms with Crippen molar-refractivity contribution in [1.82, 2.24) is 20.4 Å². The topological polar surface area (TPSA) is 110 Å². The maximum absolute atomic E-state index is 12.0. The molecule has 0 unspecified atom stereocenters. The van der Waals surface area contributed by atoms with E-state index in [9.17, 15) is 4.79 Å². The molecule has 7 nitrogen and oxygen atoms in total. The second-order valence-corrected chi connectivity index (χ2v) is 4.64. The molecule has 2 heterocycles. The number of H-pyrrole nitrogens is 1. The van der Waals surface area contributed by atoms with Crippen LogP contribution in [0.5, 0.6) is 0 Å². The van der Waals surface area contributed by atoms with Gasteiger partial charge in [0.15, 0.2) is 16.7 Å². The van der Waals surface area contributed by atoms with Gasteiger partial charge in [-0.1, -0.05) is 25.4 Å². The molecule has 0 aliphatic carbocycles. The lowest BCUT2D eigenvalue weighted by atomic mass is 10.1. The lowest BCUT2D eigenvalue weighted by molar-refractivity contribution is 0.102. The van der Waals surface area contributed by atoms with Gasteiger partial charge in [0.05, 0.1) is 11.4 Å². The standard InChI is InChI=1S/C11H13ClN6O/c1-5(2)9-8(13)10(18-17-9)11(19)14-7-4-3-6(12)15-16-7/h3-5H,13H2,1-2H3,(H,17,18)(H,14,16,19). The summed E-state index contributed by atoms with van der Waals surface area (Å²) in [6, 6.07) is 3.07. The van der Waals surface area contributed by atoms with Crippen molar-refractivity contribution in [3.8, 4) is 0 Å². The van der Waals surface area contributed by atoms with Gasteiger partial charge in [-0.15, -0.1) is 10.2 Å². The van der Waals surface area contributed by atoms with Gasteiger partial charge in [-0.2, -0.15) is 5.10 Å². The Morgan fingerprint density at radius 3 is 2.68 bits per heavy atom. The number of nitrogens with one attached hydrogen (secondary N) is 2. The maximum atomic E-state index is 12.0. The maximum Gasteiger partial charge on any atom is 0.279 e. The number of aromatic nitrogens is 4. The van der Waals surface area contributed by atoms with Crippen LogP contribution in [0.15, 0.2) is 12.1 Å². The molecule has 0 saturated carbocycles. The molecule has 0 bridgehead atoms. The molecule has 0 radical (unpaired) electrons. The number of amides is 1.